The average molecular weight is 332 g/mol. The summed E-state index contributed by atoms with van der Waals surface area (Å²) >= 11 is 12.0. The Morgan fingerprint density at radius 2 is 1.68 bits per heavy atom. The third kappa shape index (κ3) is 3.67. The maximum absolute atomic E-state index is 6.06. The van der Waals surface area contributed by atoms with Gasteiger partial charge in [-0.15, -0.1) is 10.2 Å². The van der Waals surface area contributed by atoms with Crippen LogP contribution in [0.25, 0.3) is 0 Å². The highest BCUT2D eigenvalue weighted by molar-refractivity contribution is 6.42. The van der Waals surface area contributed by atoms with Crippen LogP contribution in [0.3, 0.4) is 0 Å². The molecule has 0 saturated heterocycles. The van der Waals surface area contributed by atoms with Crippen LogP contribution < -0.4 is 0 Å². The second-order valence-electron chi connectivity index (χ2n) is 5.11. The predicted octanol–water partition coefficient (Wildman–Crippen LogP) is 4.42. The third-order valence-electron chi connectivity index (χ3n) is 3.51. The normalized spacial score (nSPS) is 10.8. The van der Waals surface area contributed by atoms with Crippen LogP contribution in [0.1, 0.15) is 17.0 Å². The maximum Gasteiger partial charge on any atom is 0.133 e. The molecular weight excluding hydrogens is 317 g/mol. The molecule has 0 fully saturated rings. The molecule has 5 heteroatoms. The van der Waals surface area contributed by atoms with Crippen molar-refractivity contribution in [3.63, 3.8) is 0 Å². The lowest BCUT2D eigenvalue weighted by molar-refractivity contribution is 0.712. The molecule has 2 aromatic carbocycles. The monoisotopic (exact) mass is 331 g/mol. The molecule has 112 valence electrons. The average Bonchev–Trinajstić information content (AvgIpc) is 2.97. The van der Waals surface area contributed by atoms with E-state index in [1.54, 1.807) is 6.33 Å². The van der Waals surface area contributed by atoms with E-state index in [-0.39, 0.29) is 0 Å². The van der Waals surface area contributed by atoms with Crippen LogP contribution in [0.4, 0.5) is 0 Å². The smallest absolute Gasteiger partial charge is 0.133 e. The summed E-state index contributed by atoms with van der Waals surface area (Å²) in [5.41, 5.74) is 2.38. The highest BCUT2D eigenvalue weighted by Crippen LogP contribution is 2.23. The van der Waals surface area contributed by atoms with Crippen molar-refractivity contribution in [3.8, 4) is 0 Å². The largest absolute Gasteiger partial charge is 0.313 e. The number of rotatable bonds is 5. The summed E-state index contributed by atoms with van der Waals surface area (Å²) in [5.74, 6) is 0.968. The highest BCUT2D eigenvalue weighted by Gasteiger charge is 2.07. The second-order valence-corrected chi connectivity index (χ2v) is 5.92. The lowest BCUT2D eigenvalue weighted by atomic mass is 10.1. The summed E-state index contributed by atoms with van der Waals surface area (Å²) in [6, 6.07) is 16.0. The molecule has 0 aliphatic rings. The van der Waals surface area contributed by atoms with E-state index in [9.17, 15) is 0 Å². The van der Waals surface area contributed by atoms with Crippen molar-refractivity contribution in [1.29, 1.82) is 0 Å². The van der Waals surface area contributed by atoms with E-state index < -0.39 is 0 Å². The zero-order chi connectivity index (χ0) is 15.4. The van der Waals surface area contributed by atoms with Gasteiger partial charge in [0, 0.05) is 6.42 Å². The Balaban J connectivity index is 1.70. The van der Waals surface area contributed by atoms with Crippen LogP contribution in [0.2, 0.25) is 10.0 Å². The minimum Gasteiger partial charge on any atom is -0.313 e. The number of hydrogen-bond acceptors (Lipinski definition) is 2. The van der Waals surface area contributed by atoms with Crippen molar-refractivity contribution >= 4 is 23.2 Å². The van der Waals surface area contributed by atoms with Gasteiger partial charge < -0.3 is 4.57 Å². The zero-order valence-corrected chi connectivity index (χ0v) is 13.4. The van der Waals surface area contributed by atoms with Gasteiger partial charge in [0.1, 0.15) is 12.2 Å². The maximum atomic E-state index is 6.06. The number of hydrogen-bond donors (Lipinski definition) is 0. The molecule has 0 aliphatic heterocycles. The van der Waals surface area contributed by atoms with E-state index in [1.807, 2.05) is 28.8 Å². The van der Waals surface area contributed by atoms with Crippen LogP contribution in [0.15, 0.2) is 54.9 Å². The molecule has 0 amide bonds. The van der Waals surface area contributed by atoms with E-state index in [0.717, 1.165) is 24.2 Å². The van der Waals surface area contributed by atoms with Crippen molar-refractivity contribution in [1.82, 2.24) is 14.8 Å². The Morgan fingerprint density at radius 3 is 2.45 bits per heavy atom. The summed E-state index contributed by atoms with van der Waals surface area (Å²) in [5, 5.41) is 9.38. The number of aryl methyl sites for hydroxylation is 2. The van der Waals surface area contributed by atoms with Gasteiger partial charge in [-0.3, -0.25) is 0 Å². The van der Waals surface area contributed by atoms with Crippen molar-refractivity contribution in [2.24, 2.45) is 0 Å². The van der Waals surface area contributed by atoms with E-state index >= 15 is 0 Å². The van der Waals surface area contributed by atoms with Gasteiger partial charge in [0.05, 0.1) is 16.6 Å². The van der Waals surface area contributed by atoms with Gasteiger partial charge in [0.2, 0.25) is 0 Å². The molecule has 0 bridgehead atoms. The van der Waals surface area contributed by atoms with E-state index in [1.165, 1.54) is 5.56 Å². The van der Waals surface area contributed by atoms with Gasteiger partial charge in [-0.05, 0) is 29.7 Å². The Morgan fingerprint density at radius 1 is 0.864 bits per heavy atom. The molecule has 3 nitrogen and oxygen atoms in total. The fraction of sp³-hybridized carbons (Fsp3) is 0.176. The van der Waals surface area contributed by atoms with E-state index in [0.29, 0.717) is 16.6 Å². The first-order valence-corrected chi connectivity index (χ1v) is 7.82. The number of halogens is 2. The standard InChI is InChI=1S/C17H15Cl2N3/c18-15-8-6-14(10-16(15)19)11-22-12-20-21-17(22)9-7-13-4-2-1-3-5-13/h1-6,8,10,12H,7,9,11H2. The number of nitrogens with zero attached hydrogens (tertiary/aromatic N) is 3. The van der Waals surface area contributed by atoms with Crippen LogP contribution in [0.5, 0.6) is 0 Å². The molecule has 0 aliphatic carbocycles. The Bertz CT molecular complexity index is 754. The minimum absolute atomic E-state index is 0.568. The fourth-order valence-corrected chi connectivity index (χ4v) is 2.66. The molecule has 3 rings (SSSR count). The number of benzene rings is 2. The molecule has 0 unspecified atom stereocenters. The molecule has 0 spiro atoms. The SMILES string of the molecule is Clc1ccc(Cn2cnnc2CCc2ccccc2)cc1Cl. The molecule has 1 heterocycles. The molecule has 3 aromatic rings. The lowest BCUT2D eigenvalue weighted by Crippen LogP contribution is -2.06. The van der Waals surface area contributed by atoms with Gasteiger partial charge in [-0.25, -0.2) is 0 Å². The molecule has 0 radical (unpaired) electrons. The summed E-state index contributed by atoms with van der Waals surface area (Å²) in [7, 11) is 0. The zero-order valence-electron chi connectivity index (χ0n) is 11.9. The molecule has 22 heavy (non-hydrogen) atoms. The van der Waals surface area contributed by atoms with Crippen molar-refractivity contribution < 1.29 is 0 Å². The van der Waals surface area contributed by atoms with E-state index in [2.05, 4.69) is 34.5 Å². The van der Waals surface area contributed by atoms with Gasteiger partial charge in [0.25, 0.3) is 0 Å². The van der Waals surface area contributed by atoms with Crippen molar-refractivity contribution in [3.05, 3.63) is 81.9 Å². The summed E-state index contributed by atoms with van der Waals surface area (Å²) in [6.07, 6.45) is 3.55. The quantitative estimate of drug-likeness (QED) is 0.692. The predicted molar refractivity (Wildman–Crippen MR) is 89.4 cm³/mol. The number of aromatic nitrogens is 3. The first kappa shape index (κ1) is 15.1. The second kappa shape index (κ2) is 6.95. The topological polar surface area (TPSA) is 30.7 Å². The third-order valence-corrected chi connectivity index (χ3v) is 4.25. The van der Waals surface area contributed by atoms with Gasteiger partial charge in [0.15, 0.2) is 0 Å². The van der Waals surface area contributed by atoms with Crippen LogP contribution >= 0.6 is 23.2 Å². The molecule has 1 aromatic heterocycles. The van der Waals surface area contributed by atoms with Crippen LogP contribution in [0, 0.1) is 0 Å². The Kier molecular flexibility index (Phi) is 4.76. The Hall–Kier alpha value is -1.84. The molecule has 0 N–H and O–H groups in total. The van der Waals surface area contributed by atoms with Gasteiger partial charge >= 0.3 is 0 Å². The first-order chi connectivity index (χ1) is 10.7. The van der Waals surface area contributed by atoms with Gasteiger partial charge in [-0.1, -0.05) is 59.6 Å². The summed E-state index contributed by atoms with van der Waals surface area (Å²) in [6.45, 7) is 0.689. The van der Waals surface area contributed by atoms with Crippen LogP contribution in [-0.2, 0) is 19.4 Å². The van der Waals surface area contributed by atoms with Crippen LogP contribution in [-0.4, -0.2) is 14.8 Å². The molecule has 0 atom stereocenters. The minimum atomic E-state index is 0.568. The van der Waals surface area contributed by atoms with Crippen molar-refractivity contribution in [2.75, 3.05) is 0 Å². The van der Waals surface area contributed by atoms with E-state index in [4.69, 9.17) is 23.2 Å². The summed E-state index contributed by atoms with van der Waals surface area (Å²) < 4.78 is 2.04. The van der Waals surface area contributed by atoms with Gasteiger partial charge in [-0.2, -0.15) is 0 Å². The Labute approximate surface area is 139 Å². The first-order valence-electron chi connectivity index (χ1n) is 7.07. The molecular formula is C17H15Cl2N3. The lowest BCUT2D eigenvalue weighted by Gasteiger charge is -2.08. The highest BCUT2D eigenvalue weighted by atomic mass is 35.5. The molecule has 0 saturated carbocycles. The van der Waals surface area contributed by atoms with Crippen molar-refractivity contribution in [2.45, 2.75) is 19.4 Å². The summed E-state index contributed by atoms with van der Waals surface area (Å²) in [4.78, 5) is 0. The fourth-order valence-electron chi connectivity index (χ4n) is 2.34.